The molecule has 0 aliphatic carbocycles. The fourth-order valence-corrected chi connectivity index (χ4v) is 4.73. The molecule has 188 valence electrons. The number of pyridine rings is 1. The lowest BCUT2D eigenvalue weighted by Crippen LogP contribution is -2.80. The van der Waals surface area contributed by atoms with E-state index in [9.17, 15) is 26.7 Å². The second kappa shape index (κ2) is 7.88. The minimum Gasteiger partial charge on any atom is -0.477 e. The van der Waals surface area contributed by atoms with Gasteiger partial charge in [-0.3, -0.25) is 9.55 Å². The predicted molar refractivity (Wildman–Crippen MR) is 113 cm³/mol. The van der Waals surface area contributed by atoms with Crippen LogP contribution in [-0.2, 0) is 23.9 Å². The van der Waals surface area contributed by atoms with Gasteiger partial charge in [-0.05, 0) is 23.8 Å². The van der Waals surface area contributed by atoms with Crippen LogP contribution in [0.3, 0.4) is 0 Å². The number of hydrogen-bond acceptors (Lipinski definition) is 7. The molecule has 0 N–H and O–H groups in total. The zero-order chi connectivity index (χ0) is 25.2. The van der Waals surface area contributed by atoms with E-state index in [0.29, 0.717) is 31.6 Å². The number of hydrogen-bond donors (Lipinski definition) is 0. The number of halogens is 5. The summed E-state index contributed by atoms with van der Waals surface area (Å²) in [6, 6.07) is 5.26. The molecule has 1 unspecified atom stereocenters. The minimum atomic E-state index is -4.73. The second-order valence-corrected chi connectivity index (χ2v) is 8.80. The van der Waals surface area contributed by atoms with Gasteiger partial charge in [0.05, 0.1) is 19.8 Å². The molecule has 0 radical (unpaired) electrons. The van der Waals surface area contributed by atoms with E-state index in [1.807, 2.05) is 0 Å². The average molecular weight is 508 g/mol. The van der Waals surface area contributed by atoms with E-state index in [2.05, 4.69) is 14.9 Å². The Bertz CT molecular complexity index is 1410. The maximum Gasteiger partial charge on any atom is 0.433 e. The van der Waals surface area contributed by atoms with E-state index < -0.39 is 40.7 Å². The molecule has 1 spiro atoms. The summed E-state index contributed by atoms with van der Waals surface area (Å²) in [6.07, 6.45) is -3.71. The van der Waals surface area contributed by atoms with Gasteiger partial charge in [-0.25, -0.2) is 13.6 Å². The number of anilines is 1. The number of ether oxygens (including phenoxy) is 3. The number of aromatic nitrogens is 3. The summed E-state index contributed by atoms with van der Waals surface area (Å²) in [5.74, 6) is -2.63. The van der Waals surface area contributed by atoms with Crippen LogP contribution in [0.4, 0.5) is 27.8 Å². The first-order valence-electron chi connectivity index (χ1n) is 11.0. The third kappa shape index (κ3) is 3.56. The van der Waals surface area contributed by atoms with Gasteiger partial charge in [-0.15, -0.1) is 0 Å². The zero-order valence-electron chi connectivity index (χ0n) is 18.4. The van der Waals surface area contributed by atoms with Crippen molar-refractivity contribution in [2.75, 3.05) is 24.7 Å². The van der Waals surface area contributed by atoms with Gasteiger partial charge in [-0.2, -0.15) is 18.2 Å². The van der Waals surface area contributed by atoms with Crippen LogP contribution in [0.2, 0.25) is 0 Å². The first-order valence-corrected chi connectivity index (χ1v) is 11.0. The van der Waals surface area contributed by atoms with Crippen molar-refractivity contribution < 1.29 is 36.2 Å². The molecule has 6 rings (SSSR count). The van der Waals surface area contributed by atoms with Gasteiger partial charge in [0, 0.05) is 31.3 Å². The Labute approximate surface area is 199 Å². The first kappa shape index (κ1) is 22.7. The molecule has 2 atom stereocenters. The van der Waals surface area contributed by atoms with Gasteiger partial charge < -0.3 is 19.1 Å². The smallest absolute Gasteiger partial charge is 0.433 e. The molecule has 0 bridgehead atoms. The Morgan fingerprint density at radius 3 is 2.61 bits per heavy atom. The fraction of sp³-hybridized carbons (Fsp3) is 0.348. The summed E-state index contributed by atoms with van der Waals surface area (Å²) in [7, 11) is 0. The molecule has 5 heterocycles. The molecule has 3 aliphatic heterocycles. The molecule has 36 heavy (non-hydrogen) atoms. The van der Waals surface area contributed by atoms with Crippen LogP contribution < -0.4 is 20.1 Å². The van der Waals surface area contributed by atoms with Gasteiger partial charge in [-0.1, -0.05) is 0 Å². The highest BCUT2D eigenvalue weighted by Crippen LogP contribution is 2.50. The standard InChI is InChI=1S/C23H17F5N4O4/c24-14-5-12(6-15(25)20(14)36-13-1-3-29-16(7-13)23(26,27)28)2-4-34-18-8-19-31(21(33)30-18)10-22-11-35-17(22)9-32(19)22/h1,3,5-8,17H,2,4,9-11H2/t17-,22?/m1/s1. The quantitative estimate of drug-likeness (QED) is 0.473. The van der Waals surface area contributed by atoms with Crippen LogP contribution in [0, 0.1) is 11.6 Å². The molecule has 0 amide bonds. The van der Waals surface area contributed by atoms with E-state index in [1.165, 1.54) is 0 Å². The second-order valence-electron chi connectivity index (χ2n) is 8.80. The Balaban J connectivity index is 1.12. The average Bonchev–Trinajstić information content (AvgIpc) is 3.13. The maximum absolute atomic E-state index is 14.5. The number of nitrogens with zero attached hydrogens (tertiary/aromatic N) is 4. The van der Waals surface area contributed by atoms with E-state index in [4.69, 9.17) is 14.2 Å². The van der Waals surface area contributed by atoms with E-state index in [0.717, 1.165) is 24.4 Å². The van der Waals surface area contributed by atoms with Crippen LogP contribution in [0.1, 0.15) is 11.3 Å². The van der Waals surface area contributed by atoms with Crippen molar-refractivity contribution in [3.05, 3.63) is 69.9 Å². The van der Waals surface area contributed by atoms with Crippen LogP contribution >= 0.6 is 0 Å². The monoisotopic (exact) mass is 508 g/mol. The highest BCUT2D eigenvalue weighted by molar-refractivity contribution is 5.56. The molecular formula is C23H17F5N4O4. The lowest BCUT2D eigenvalue weighted by atomic mass is 9.79. The van der Waals surface area contributed by atoms with Gasteiger partial charge >= 0.3 is 11.9 Å². The van der Waals surface area contributed by atoms with Gasteiger partial charge in [0.15, 0.2) is 17.4 Å². The van der Waals surface area contributed by atoms with Crippen molar-refractivity contribution in [2.24, 2.45) is 0 Å². The molecule has 2 aromatic heterocycles. The lowest BCUT2D eigenvalue weighted by molar-refractivity contribution is -0.174. The molecule has 13 heteroatoms. The van der Waals surface area contributed by atoms with Crippen molar-refractivity contribution in [3.63, 3.8) is 0 Å². The predicted octanol–water partition coefficient (Wildman–Crippen LogP) is 3.32. The van der Waals surface area contributed by atoms with Crippen molar-refractivity contribution in [1.82, 2.24) is 14.5 Å². The summed E-state index contributed by atoms with van der Waals surface area (Å²) in [5, 5.41) is 0. The number of alkyl halides is 3. The third-order valence-electron chi connectivity index (χ3n) is 6.63. The Hall–Kier alpha value is -3.74. The van der Waals surface area contributed by atoms with Gasteiger partial charge in [0.2, 0.25) is 5.88 Å². The largest absolute Gasteiger partial charge is 0.477 e. The fourth-order valence-electron chi connectivity index (χ4n) is 4.73. The first-order chi connectivity index (χ1) is 17.1. The molecule has 1 aromatic carbocycles. The van der Waals surface area contributed by atoms with Crippen LogP contribution in [0.25, 0.3) is 0 Å². The number of fused-ring (bicyclic) bond motifs is 2. The van der Waals surface area contributed by atoms with E-state index in [-0.39, 0.29) is 36.1 Å². The van der Waals surface area contributed by atoms with Crippen molar-refractivity contribution in [2.45, 2.75) is 30.8 Å². The van der Waals surface area contributed by atoms with Crippen molar-refractivity contribution in [3.8, 4) is 17.4 Å². The van der Waals surface area contributed by atoms with Crippen LogP contribution in [0.5, 0.6) is 17.4 Å². The summed E-state index contributed by atoms with van der Waals surface area (Å²) in [6.45, 7) is 1.73. The summed E-state index contributed by atoms with van der Waals surface area (Å²) in [4.78, 5) is 21.6. The van der Waals surface area contributed by atoms with E-state index in [1.54, 1.807) is 10.6 Å². The highest BCUT2D eigenvalue weighted by Gasteiger charge is 2.65. The van der Waals surface area contributed by atoms with Gasteiger partial charge in [0.25, 0.3) is 0 Å². The van der Waals surface area contributed by atoms with Gasteiger partial charge in [0.1, 0.15) is 28.9 Å². The topological polar surface area (TPSA) is 78.7 Å². The Morgan fingerprint density at radius 2 is 1.94 bits per heavy atom. The summed E-state index contributed by atoms with van der Waals surface area (Å²) < 4.78 is 85.2. The lowest BCUT2D eigenvalue weighted by Gasteiger charge is -2.61. The molecule has 0 saturated carbocycles. The van der Waals surface area contributed by atoms with Crippen molar-refractivity contribution >= 4 is 5.82 Å². The minimum absolute atomic E-state index is 0.0227. The molecular weight excluding hydrogens is 491 g/mol. The number of morpholine rings is 1. The number of rotatable bonds is 6. The maximum atomic E-state index is 14.5. The zero-order valence-corrected chi connectivity index (χ0v) is 18.4. The normalized spacial score (nSPS) is 21.7. The highest BCUT2D eigenvalue weighted by atomic mass is 19.4. The van der Waals surface area contributed by atoms with E-state index >= 15 is 0 Å². The Morgan fingerprint density at radius 1 is 1.17 bits per heavy atom. The summed E-state index contributed by atoms with van der Waals surface area (Å²) >= 11 is 0. The Kier molecular flexibility index (Phi) is 4.97. The van der Waals surface area contributed by atoms with Crippen molar-refractivity contribution in [1.29, 1.82) is 0 Å². The SMILES string of the molecule is O=c1nc(OCCc2cc(F)c(Oc3ccnc(C(F)(F)F)c3)c(F)c2)cc2n1CC13CO[C@@H]1CN23. The molecule has 2 fully saturated rings. The third-order valence-corrected chi connectivity index (χ3v) is 6.63. The molecule has 3 aromatic rings. The molecule has 2 saturated heterocycles. The number of benzene rings is 1. The molecule has 3 aliphatic rings. The molecule has 8 nitrogen and oxygen atoms in total. The van der Waals surface area contributed by atoms with Crippen LogP contribution in [-0.4, -0.2) is 45.9 Å². The van der Waals surface area contributed by atoms with Crippen LogP contribution in [0.15, 0.2) is 41.3 Å². The summed E-state index contributed by atoms with van der Waals surface area (Å²) in [5.41, 5.74) is -1.65.